The number of aliphatic hydroxyl groups excluding tert-OH is 1. The van der Waals surface area contributed by atoms with Crippen molar-refractivity contribution in [3.05, 3.63) is 0 Å². The molecule has 32 heavy (non-hydrogen) atoms. The molecule has 1 fully saturated rings. The third-order valence-corrected chi connectivity index (χ3v) is 4.51. The number of nitrogens with zero attached hydrogens (tertiary/aromatic N) is 4. The van der Waals surface area contributed by atoms with Gasteiger partial charge >= 0.3 is 5.97 Å². The third-order valence-electron chi connectivity index (χ3n) is 4.51. The quantitative estimate of drug-likeness (QED) is 0.417. The number of aldehydes is 1. The van der Waals surface area contributed by atoms with Gasteiger partial charge in [0, 0.05) is 59.5 Å². The van der Waals surface area contributed by atoms with Gasteiger partial charge in [-0.1, -0.05) is 20.8 Å². The van der Waals surface area contributed by atoms with Crippen molar-refractivity contribution in [2.75, 3.05) is 85.6 Å². The van der Waals surface area contributed by atoms with Crippen molar-refractivity contribution < 1.29 is 34.5 Å². The van der Waals surface area contributed by atoms with Crippen molar-refractivity contribution in [3.63, 3.8) is 0 Å². The van der Waals surface area contributed by atoms with Gasteiger partial charge in [0.2, 0.25) is 0 Å². The van der Waals surface area contributed by atoms with Gasteiger partial charge in [0.1, 0.15) is 12.1 Å². The predicted molar refractivity (Wildman–Crippen MR) is 124 cm³/mol. The molecule has 0 atom stereocenters. The second-order valence-corrected chi connectivity index (χ2v) is 6.65. The number of carboxylic acid groups (broad SMARTS) is 2. The van der Waals surface area contributed by atoms with Crippen LogP contribution in [0.2, 0.25) is 0 Å². The van der Waals surface area contributed by atoms with Gasteiger partial charge in [0.05, 0.1) is 19.6 Å². The van der Waals surface area contributed by atoms with Crippen molar-refractivity contribution in [2.45, 2.75) is 27.7 Å². The van der Waals surface area contributed by atoms with Crippen LogP contribution >= 0.6 is 0 Å². The molecular weight excluding hydrogens is 420 g/mol. The SMILES string of the molecule is CC.CCN1CCN(CC=O)CCN(CC(=O)O)CCN(CC(C)=O)CC1.CO.O=CO. The Labute approximate surface area is 192 Å². The average molecular weight is 465 g/mol. The monoisotopic (exact) mass is 464 g/mol. The summed E-state index contributed by atoms with van der Waals surface area (Å²) in [6.07, 6.45) is 0.901. The van der Waals surface area contributed by atoms with Crippen LogP contribution in [0.15, 0.2) is 0 Å². The molecule has 0 bridgehead atoms. The first-order valence-corrected chi connectivity index (χ1v) is 10.9. The maximum atomic E-state index is 11.5. The minimum atomic E-state index is -0.857. The van der Waals surface area contributed by atoms with Crippen LogP contribution in [-0.2, 0) is 19.2 Å². The minimum absolute atomic E-state index is 0.0239. The number of carbonyl (C=O) groups is 4. The lowest BCUT2D eigenvalue weighted by molar-refractivity contribution is -0.138. The Morgan fingerprint density at radius 2 is 1.12 bits per heavy atom. The fraction of sp³-hybridized carbons (Fsp3) is 0.810. The minimum Gasteiger partial charge on any atom is -0.483 e. The van der Waals surface area contributed by atoms with E-state index in [1.54, 1.807) is 6.92 Å². The fourth-order valence-electron chi connectivity index (χ4n) is 3.01. The zero-order valence-electron chi connectivity index (χ0n) is 20.4. The number of carboxylic acids is 1. The largest absolute Gasteiger partial charge is 0.483 e. The molecule has 1 rings (SSSR count). The molecule has 0 aromatic heterocycles. The number of likely N-dealkylation sites (N-methyl/N-ethyl adjacent to an activating group) is 1. The summed E-state index contributed by atoms with van der Waals surface area (Å²) in [6, 6.07) is 0. The first-order chi connectivity index (χ1) is 15.4. The molecule has 1 saturated heterocycles. The van der Waals surface area contributed by atoms with E-state index in [2.05, 4.69) is 21.6 Å². The molecule has 0 amide bonds. The molecular formula is C21H44N4O7. The van der Waals surface area contributed by atoms with Gasteiger partial charge in [-0.3, -0.25) is 29.1 Å². The lowest BCUT2D eigenvalue weighted by atomic mass is 10.3. The molecule has 1 aliphatic rings. The van der Waals surface area contributed by atoms with E-state index in [1.807, 2.05) is 18.7 Å². The lowest BCUT2D eigenvalue weighted by Gasteiger charge is -2.32. The van der Waals surface area contributed by atoms with E-state index in [-0.39, 0.29) is 18.8 Å². The van der Waals surface area contributed by atoms with Gasteiger partial charge in [0.15, 0.2) is 0 Å². The summed E-state index contributed by atoms with van der Waals surface area (Å²) in [4.78, 5) is 50.3. The number of rotatable bonds is 7. The molecule has 0 unspecified atom stereocenters. The molecule has 0 radical (unpaired) electrons. The standard InChI is InChI=1S/C17H32N4O4.C2H6.CH2O2.CH4O/c1-3-18-4-6-19(12-13-22)7-9-21(15-17(24)25)11-10-20(8-5-18)14-16(2)23;1-2;2-1-3;1-2/h13H,3-12,14-15H2,1-2H3,(H,24,25);1-2H3;1H,(H,2,3);2H,1H3. The average Bonchev–Trinajstić information content (AvgIpc) is 2.76. The molecule has 11 nitrogen and oxygen atoms in total. The van der Waals surface area contributed by atoms with Crippen molar-refractivity contribution in [2.24, 2.45) is 0 Å². The highest BCUT2D eigenvalue weighted by Gasteiger charge is 2.17. The van der Waals surface area contributed by atoms with E-state index in [9.17, 15) is 14.4 Å². The van der Waals surface area contributed by atoms with E-state index in [0.717, 1.165) is 46.1 Å². The first kappa shape index (κ1) is 34.7. The number of hydrogen-bond acceptors (Lipinski definition) is 9. The number of aliphatic carboxylic acids is 1. The Balaban J connectivity index is -0.00000108. The second kappa shape index (κ2) is 25.3. The zero-order valence-corrected chi connectivity index (χ0v) is 20.4. The Bertz CT molecular complexity index is 481. The Kier molecular flexibility index (Phi) is 27.5. The normalized spacial score (nSPS) is 16.8. The van der Waals surface area contributed by atoms with Gasteiger partial charge in [-0.15, -0.1) is 0 Å². The van der Waals surface area contributed by atoms with E-state index in [4.69, 9.17) is 20.1 Å². The number of carbonyl (C=O) groups excluding carboxylic acids is 2. The van der Waals surface area contributed by atoms with Gasteiger partial charge in [-0.2, -0.15) is 0 Å². The van der Waals surface area contributed by atoms with Crippen LogP contribution in [0.1, 0.15) is 27.7 Å². The third kappa shape index (κ3) is 21.3. The molecule has 190 valence electrons. The Morgan fingerprint density at radius 1 is 0.781 bits per heavy atom. The molecule has 0 spiro atoms. The molecule has 11 heteroatoms. The van der Waals surface area contributed by atoms with Crippen molar-refractivity contribution in [1.82, 2.24) is 19.6 Å². The smallest absolute Gasteiger partial charge is 0.317 e. The van der Waals surface area contributed by atoms with Gasteiger partial charge in [-0.05, 0) is 13.5 Å². The molecule has 1 heterocycles. The topological polar surface area (TPSA) is 142 Å². The van der Waals surface area contributed by atoms with E-state index >= 15 is 0 Å². The highest BCUT2D eigenvalue weighted by atomic mass is 16.4. The van der Waals surface area contributed by atoms with Gasteiger partial charge in [0.25, 0.3) is 6.47 Å². The van der Waals surface area contributed by atoms with E-state index in [1.165, 1.54) is 0 Å². The molecule has 0 aromatic rings. The summed E-state index contributed by atoms with van der Waals surface area (Å²) in [5.41, 5.74) is 0. The number of Topliss-reactive ketones (excluding diaryl/α,β-unsaturated/α-hetero) is 1. The van der Waals surface area contributed by atoms with Crippen LogP contribution in [0.25, 0.3) is 0 Å². The van der Waals surface area contributed by atoms with Gasteiger partial charge < -0.3 is 25.0 Å². The first-order valence-electron chi connectivity index (χ1n) is 10.9. The van der Waals surface area contributed by atoms with E-state index in [0.29, 0.717) is 39.3 Å². The van der Waals surface area contributed by atoms with Crippen LogP contribution < -0.4 is 0 Å². The second-order valence-electron chi connectivity index (χ2n) is 6.65. The molecule has 0 aliphatic carbocycles. The van der Waals surface area contributed by atoms with Crippen molar-refractivity contribution in [1.29, 1.82) is 0 Å². The summed E-state index contributed by atoms with van der Waals surface area (Å²) >= 11 is 0. The Hall–Kier alpha value is -1.92. The summed E-state index contributed by atoms with van der Waals surface area (Å²) in [5.74, 6) is -0.735. The van der Waals surface area contributed by atoms with Gasteiger partial charge in [-0.25, -0.2) is 0 Å². The highest BCUT2D eigenvalue weighted by molar-refractivity contribution is 5.77. The van der Waals surface area contributed by atoms with Crippen LogP contribution in [0.3, 0.4) is 0 Å². The number of ketones is 1. The van der Waals surface area contributed by atoms with Crippen LogP contribution in [0, 0.1) is 0 Å². The summed E-state index contributed by atoms with van der Waals surface area (Å²) in [6.45, 7) is 14.9. The summed E-state index contributed by atoms with van der Waals surface area (Å²) < 4.78 is 0. The van der Waals surface area contributed by atoms with Crippen molar-refractivity contribution in [3.8, 4) is 0 Å². The molecule has 3 N–H and O–H groups in total. The molecule has 0 aromatic carbocycles. The fourth-order valence-corrected chi connectivity index (χ4v) is 3.01. The number of aliphatic hydroxyl groups is 1. The van der Waals surface area contributed by atoms with Crippen LogP contribution in [-0.4, -0.2) is 145 Å². The predicted octanol–water partition coefficient (Wildman–Crippen LogP) is -0.564. The number of hydrogen-bond donors (Lipinski definition) is 3. The maximum Gasteiger partial charge on any atom is 0.317 e. The molecule has 0 saturated carbocycles. The summed E-state index contributed by atoms with van der Waals surface area (Å²) in [7, 11) is 1.00. The lowest BCUT2D eigenvalue weighted by Crippen LogP contribution is -2.47. The summed E-state index contributed by atoms with van der Waals surface area (Å²) in [5, 5.41) is 23.0. The van der Waals surface area contributed by atoms with Crippen molar-refractivity contribution >= 4 is 24.5 Å². The maximum absolute atomic E-state index is 11.5. The Morgan fingerprint density at radius 3 is 1.44 bits per heavy atom. The zero-order chi connectivity index (χ0) is 25.4. The van der Waals surface area contributed by atoms with E-state index < -0.39 is 5.97 Å². The van der Waals surface area contributed by atoms with Crippen LogP contribution in [0.4, 0.5) is 0 Å². The highest BCUT2D eigenvalue weighted by Crippen LogP contribution is 2.00. The van der Waals surface area contributed by atoms with Crippen LogP contribution in [0.5, 0.6) is 0 Å². The molecule has 1 aliphatic heterocycles.